The van der Waals surface area contributed by atoms with Gasteiger partial charge in [-0.3, -0.25) is 14.4 Å². The zero-order valence-corrected chi connectivity index (χ0v) is 23.2. The number of rotatable bonds is 6. The first-order valence-electron chi connectivity index (χ1n) is 12.2. The highest BCUT2D eigenvalue weighted by molar-refractivity contribution is 9.10. The van der Waals surface area contributed by atoms with Gasteiger partial charge in [0.05, 0.1) is 16.9 Å². The van der Waals surface area contributed by atoms with Crippen molar-refractivity contribution in [3.63, 3.8) is 0 Å². The van der Waals surface area contributed by atoms with E-state index in [0.29, 0.717) is 17.7 Å². The third kappa shape index (κ3) is 5.99. The lowest BCUT2D eigenvalue weighted by molar-refractivity contribution is -0.348. The molecule has 0 saturated heterocycles. The fourth-order valence-electron chi connectivity index (χ4n) is 4.24. The number of alkyl halides is 7. The molecule has 3 aromatic carbocycles. The first kappa shape index (κ1) is 32.0. The molecule has 15 heteroatoms. The van der Waals surface area contributed by atoms with Gasteiger partial charge in [-0.25, -0.2) is 18.1 Å². The molecule has 5 nitrogen and oxygen atoms in total. The van der Waals surface area contributed by atoms with E-state index in [1.54, 1.807) is 0 Å². The fourth-order valence-corrected chi connectivity index (χ4v) is 4.98. The normalized spacial score (nSPS) is 13.9. The van der Waals surface area contributed by atoms with Crippen molar-refractivity contribution in [3.05, 3.63) is 93.0 Å². The molecular weight excluding hydrogens is 663 g/mol. The third-order valence-corrected chi connectivity index (χ3v) is 7.19. The van der Waals surface area contributed by atoms with Crippen molar-refractivity contribution in [2.45, 2.75) is 37.8 Å². The summed E-state index contributed by atoms with van der Waals surface area (Å²) in [5.41, 5.74) is -10.1. The van der Waals surface area contributed by atoms with Crippen LogP contribution in [0.3, 0.4) is 0 Å². The smallest absolute Gasteiger partial charge is 0.319 e. The number of benzene rings is 3. The lowest BCUT2D eigenvalue weighted by Gasteiger charge is -2.32. The first-order chi connectivity index (χ1) is 19.9. The molecule has 0 bridgehead atoms. The predicted octanol–water partition coefficient (Wildman–Crippen LogP) is 8.16. The van der Waals surface area contributed by atoms with E-state index in [1.165, 1.54) is 0 Å². The molecule has 228 valence electrons. The molecule has 43 heavy (non-hydrogen) atoms. The molecule has 1 aliphatic carbocycles. The Morgan fingerprint density at radius 1 is 0.884 bits per heavy atom. The highest BCUT2D eigenvalue weighted by atomic mass is 79.9. The summed E-state index contributed by atoms with van der Waals surface area (Å²) in [6.45, 7) is 0.951. The summed E-state index contributed by atoms with van der Waals surface area (Å²) >= 11 is 2.78. The monoisotopic (exact) mass is 680 g/mol. The van der Waals surface area contributed by atoms with Gasteiger partial charge in [0.2, 0.25) is 5.91 Å². The van der Waals surface area contributed by atoms with E-state index in [2.05, 4.69) is 21.2 Å². The summed E-state index contributed by atoms with van der Waals surface area (Å²) in [7, 11) is 0. The number of aryl methyl sites for hydroxylation is 1. The molecule has 1 aliphatic rings. The van der Waals surface area contributed by atoms with Gasteiger partial charge in [0.25, 0.3) is 11.8 Å². The highest BCUT2D eigenvalue weighted by Gasteiger charge is 2.73. The lowest BCUT2D eigenvalue weighted by atomic mass is 9.92. The summed E-state index contributed by atoms with van der Waals surface area (Å²) in [5.74, 6) is -5.89. The van der Waals surface area contributed by atoms with Crippen LogP contribution in [-0.2, 0) is 10.5 Å². The van der Waals surface area contributed by atoms with Crippen molar-refractivity contribution in [2.75, 3.05) is 10.2 Å². The number of carbonyl (C=O) groups excluding carboxylic acids is 3. The Bertz CT molecular complexity index is 1560. The molecule has 0 aliphatic heterocycles. The molecule has 0 spiro atoms. The molecule has 4 rings (SSSR count). The lowest BCUT2D eigenvalue weighted by Crippen LogP contribution is -2.50. The van der Waals surface area contributed by atoms with E-state index in [9.17, 15) is 49.5 Å². The summed E-state index contributed by atoms with van der Waals surface area (Å²) in [5, 5.41) is 2.20. The van der Waals surface area contributed by atoms with Gasteiger partial charge in [-0.15, -0.1) is 0 Å². The molecule has 3 amide bonds. The van der Waals surface area contributed by atoms with Crippen LogP contribution in [0, 0.1) is 24.5 Å². The quantitative estimate of drug-likeness (QED) is 0.211. The fraction of sp³-hybridized carbons (Fsp3) is 0.250. The Kier molecular flexibility index (Phi) is 8.43. The Labute approximate surface area is 245 Å². The minimum atomic E-state index is -6.42. The summed E-state index contributed by atoms with van der Waals surface area (Å²) < 4.78 is 123. The zero-order chi connectivity index (χ0) is 32.1. The second kappa shape index (κ2) is 11.3. The maximum atomic E-state index is 15.6. The highest BCUT2D eigenvalue weighted by Crippen LogP contribution is 2.54. The number of carbonyl (C=O) groups is 3. The molecule has 1 saturated carbocycles. The van der Waals surface area contributed by atoms with E-state index in [1.807, 2.05) is 0 Å². The van der Waals surface area contributed by atoms with Crippen LogP contribution in [0.15, 0.2) is 59.1 Å². The van der Waals surface area contributed by atoms with E-state index < -0.39 is 85.8 Å². The van der Waals surface area contributed by atoms with E-state index in [0.717, 1.165) is 49.4 Å². The molecule has 0 heterocycles. The molecular formula is C28H18BrF9N2O3. The number of halogens is 10. The van der Waals surface area contributed by atoms with Crippen LogP contribution >= 0.6 is 15.9 Å². The number of anilines is 2. The summed E-state index contributed by atoms with van der Waals surface area (Å²) in [6, 6.07) is 7.70. The van der Waals surface area contributed by atoms with Gasteiger partial charge in [0.15, 0.2) is 5.82 Å². The number of nitrogens with zero attached hydrogens (tertiary/aromatic N) is 1. The van der Waals surface area contributed by atoms with Crippen molar-refractivity contribution >= 4 is 45.0 Å². The molecule has 3 aromatic rings. The SMILES string of the molecule is Cc1cc(C(F)(C(F)(F)F)C(F)(F)F)cc(Br)c1N(C(=O)c1cccc(NC(=O)c2ccc(F)cc2)c1F)C(=O)C1CC1. The van der Waals surface area contributed by atoms with Crippen molar-refractivity contribution in [1.29, 1.82) is 0 Å². The van der Waals surface area contributed by atoms with Crippen LogP contribution in [-0.4, -0.2) is 30.1 Å². The van der Waals surface area contributed by atoms with Gasteiger partial charge in [0.1, 0.15) is 5.82 Å². The van der Waals surface area contributed by atoms with Gasteiger partial charge < -0.3 is 5.32 Å². The summed E-state index contributed by atoms with van der Waals surface area (Å²) in [6.07, 6.45) is -12.2. The first-order valence-corrected chi connectivity index (χ1v) is 13.0. The standard InChI is InChI=1S/C28H18BrF9N2O3/c1-13-11-16(26(32,27(33,34)35)28(36,37)38)12-19(29)22(13)40(24(42)15-5-6-15)25(43)18-3-2-4-20(21(18)31)39-23(41)14-7-9-17(30)10-8-14/h2-4,7-12,15H,5-6H2,1H3,(H,39,41). The van der Waals surface area contributed by atoms with Crippen LogP contribution in [0.4, 0.5) is 50.9 Å². The van der Waals surface area contributed by atoms with E-state index in [-0.39, 0.29) is 17.7 Å². The zero-order valence-electron chi connectivity index (χ0n) is 21.6. The number of amides is 3. The van der Waals surface area contributed by atoms with Crippen LogP contribution in [0.25, 0.3) is 0 Å². The van der Waals surface area contributed by atoms with E-state index >= 15 is 4.39 Å². The maximum absolute atomic E-state index is 15.6. The van der Waals surface area contributed by atoms with Gasteiger partial charge in [-0.2, -0.15) is 26.3 Å². The number of hydrogen-bond acceptors (Lipinski definition) is 3. The molecule has 1 fully saturated rings. The van der Waals surface area contributed by atoms with Gasteiger partial charge in [-0.05, 0) is 83.7 Å². The van der Waals surface area contributed by atoms with Crippen LogP contribution in [0.2, 0.25) is 0 Å². The molecule has 0 atom stereocenters. The number of imide groups is 1. The van der Waals surface area contributed by atoms with Gasteiger partial charge in [0, 0.05) is 21.5 Å². The molecule has 0 aromatic heterocycles. The third-order valence-electron chi connectivity index (χ3n) is 6.59. The van der Waals surface area contributed by atoms with Gasteiger partial charge >= 0.3 is 18.0 Å². The Hall–Kier alpha value is -3.88. The second-order valence-corrected chi connectivity index (χ2v) is 10.5. The largest absolute Gasteiger partial charge is 0.435 e. The van der Waals surface area contributed by atoms with Crippen molar-refractivity contribution in [1.82, 2.24) is 0 Å². The van der Waals surface area contributed by atoms with Crippen LogP contribution in [0.5, 0.6) is 0 Å². The number of nitrogens with one attached hydrogen (secondary N) is 1. The average molecular weight is 681 g/mol. The minimum absolute atomic E-state index is 0.0654. The summed E-state index contributed by atoms with van der Waals surface area (Å²) in [4.78, 5) is 39.8. The van der Waals surface area contributed by atoms with E-state index in [4.69, 9.17) is 0 Å². The Morgan fingerprint density at radius 3 is 1.98 bits per heavy atom. The number of hydrogen-bond donors (Lipinski definition) is 1. The Morgan fingerprint density at radius 2 is 1.47 bits per heavy atom. The second-order valence-electron chi connectivity index (χ2n) is 9.66. The van der Waals surface area contributed by atoms with Crippen LogP contribution < -0.4 is 10.2 Å². The molecule has 0 radical (unpaired) electrons. The van der Waals surface area contributed by atoms with Crippen molar-refractivity contribution in [2.24, 2.45) is 5.92 Å². The average Bonchev–Trinajstić information content (AvgIpc) is 3.75. The Balaban J connectivity index is 1.78. The van der Waals surface area contributed by atoms with Crippen LogP contribution in [0.1, 0.15) is 44.7 Å². The van der Waals surface area contributed by atoms with Crippen molar-refractivity contribution < 1.29 is 53.9 Å². The maximum Gasteiger partial charge on any atom is 0.435 e. The predicted molar refractivity (Wildman–Crippen MR) is 139 cm³/mol. The molecule has 1 N–H and O–H groups in total. The minimum Gasteiger partial charge on any atom is -0.319 e. The topological polar surface area (TPSA) is 66.5 Å². The van der Waals surface area contributed by atoms with Gasteiger partial charge in [-0.1, -0.05) is 12.1 Å². The molecule has 0 unspecified atom stereocenters. The van der Waals surface area contributed by atoms with Crippen molar-refractivity contribution in [3.8, 4) is 0 Å².